The van der Waals surface area contributed by atoms with Crippen LogP contribution in [0.5, 0.6) is 0 Å². The molecule has 0 spiro atoms. The summed E-state index contributed by atoms with van der Waals surface area (Å²) >= 11 is 2.47. The van der Waals surface area contributed by atoms with Crippen molar-refractivity contribution in [3.63, 3.8) is 0 Å². The monoisotopic (exact) mass is 384 g/mol. The van der Waals surface area contributed by atoms with E-state index in [1.165, 1.54) is 37.0 Å². The zero-order valence-electron chi connectivity index (χ0n) is 12.2. The summed E-state index contributed by atoms with van der Waals surface area (Å²) in [5.74, 6) is 0. The first-order valence-electron chi connectivity index (χ1n) is 7.08. The molecular formula is C20H17I. The standard InChI is InChI=1S/C20H17I/c1-14-6-3-8-16(12-14)18-10-5-11-19(20(18)21)17-9-4-7-15(2)13-17/h3-13H,1-2H3. The molecular weight excluding hydrogens is 367 g/mol. The van der Waals surface area contributed by atoms with Crippen LogP contribution in [0, 0.1) is 17.4 Å². The minimum atomic E-state index is 1.29. The summed E-state index contributed by atoms with van der Waals surface area (Å²) in [6.45, 7) is 4.28. The molecule has 1 heteroatoms. The molecule has 0 N–H and O–H groups in total. The molecule has 104 valence electrons. The largest absolute Gasteiger partial charge is 0.0614 e. The molecule has 0 heterocycles. The highest BCUT2D eigenvalue weighted by molar-refractivity contribution is 14.1. The fraction of sp³-hybridized carbons (Fsp3) is 0.100. The first-order chi connectivity index (χ1) is 10.1. The number of aryl methyl sites for hydroxylation is 2. The van der Waals surface area contributed by atoms with E-state index in [0.717, 1.165) is 0 Å². The van der Waals surface area contributed by atoms with Crippen molar-refractivity contribution >= 4 is 22.6 Å². The van der Waals surface area contributed by atoms with Gasteiger partial charge >= 0.3 is 0 Å². The summed E-state index contributed by atoms with van der Waals surface area (Å²) < 4.78 is 1.31. The lowest BCUT2D eigenvalue weighted by atomic mass is 9.97. The SMILES string of the molecule is Cc1cccc(-c2cccc(-c3cccc(C)c3)c2I)c1. The third-order valence-electron chi connectivity index (χ3n) is 3.66. The molecule has 0 saturated carbocycles. The molecule has 21 heavy (non-hydrogen) atoms. The summed E-state index contributed by atoms with van der Waals surface area (Å²) in [6, 6.07) is 24.0. The smallest absolute Gasteiger partial charge is 0.0287 e. The zero-order chi connectivity index (χ0) is 14.8. The average Bonchev–Trinajstić information content (AvgIpc) is 2.47. The van der Waals surface area contributed by atoms with Crippen LogP contribution in [0.4, 0.5) is 0 Å². The van der Waals surface area contributed by atoms with Crippen LogP contribution in [0.1, 0.15) is 11.1 Å². The normalized spacial score (nSPS) is 10.6. The topological polar surface area (TPSA) is 0 Å². The summed E-state index contributed by atoms with van der Waals surface area (Å²) in [5.41, 5.74) is 7.77. The molecule has 0 aliphatic heterocycles. The average molecular weight is 384 g/mol. The fourth-order valence-electron chi connectivity index (χ4n) is 2.60. The molecule has 0 saturated heterocycles. The highest BCUT2D eigenvalue weighted by Gasteiger charge is 2.09. The van der Waals surface area contributed by atoms with Crippen LogP contribution in [0.25, 0.3) is 22.3 Å². The number of benzene rings is 3. The Morgan fingerprint density at radius 1 is 0.619 bits per heavy atom. The van der Waals surface area contributed by atoms with E-state index in [1.807, 2.05) is 0 Å². The van der Waals surface area contributed by atoms with Gasteiger partial charge in [0.15, 0.2) is 0 Å². The van der Waals surface area contributed by atoms with Gasteiger partial charge in [-0.3, -0.25) is 0 Å². The van der Waals surface area contributed by atoms with Crippen LogP contribution in [-0.2, 0) is 0 Å². The molecule has 0 amide bonds. The second kappa shape index (κ2) is 6.02. The van der Waals surface area contributed by atoms with E-state index in [-0.39, 0.29) is 0 Å². The van der Waals surface area contributed by atoms with Gasteiger partial charge in [-0.25, -0.2) is 0 Å². The van der Waals surface area contributed by atoms with Crippen molar-refractivity contribution in [2.45, 2.75) is 13.8 Å². The zero-order valence-corrected chi connectivity index (χ0v) is 14.4. The van der Waals surface area contributed by atoms with E-state index in [4.69, 9.17) is 0 Å². The van der Waals surface area contributed by atoms with Crippen molar-refractivity contribution in [1.82, 2.24) is 0 Å². The minimum absolute atomic E-state index is 1.29. The van der Waals surface area contributed by atoms with Crippen LogP contribution >= 0.6 is 22.6 Å². The molecule has 3 aromatic rings. The van der Waals surface area contributed by atoms with Gasteiger partial charge in [-0.1, -0.05) is 77.9 Å². The summed E-state index contributed by atoms with van der Waals surface area (Å²) in [4.78, 5) is 0. The van der Waals surface area contributed by atoms with Crippen molar-refractivity contribution in [3.05, 3.63) is 81.4 Å². The summed E-state index contributed by atoms with van der Waals surface area (Å²) in [6.07, 6.45) is 0. The molecule has 0 bridgehead atoms. The number of hydrogen-bond donors (Lipinski definition) is 0. The Bertz CT molecular complexity index is 724. The molecule has 0 atom stereocenters. The second-order valence-electron chi connectivity index (χ2n) is 5.41. The number of halogens is 1. The molecule has 0 nitrogen and oxygen atoms in total. The van der Waals surface area contributed by atoms with Gasteiger partial charge in [0.05, 0.1) is 0 Å². The predicted octanol–water partition coefficient (Wildman–Crippen LogP) is 6.24. The first kappa shape index (κ1) is 14.3. The molecule has 0 aliphatic carbocycles. The Balaban J connectivity index is 2.16. The van der Waals surface area contributed by atoms with Gasteiger partial charge in [-0.15, -0.1) is 0 Å². The lowest BCUT2D eigenvalue weighted by Crippen LogP contribution is -1.89. The van der Waals surface area contributed by atoms with E-state index in [0.29, 0.717) is 0 Å². The van der Waals surface area contributed by atoms with Gasteiger partial charge in [0.25, 0.3) is 0 Å². The Hall–Kier alpha value is -1.61. The molecule has 0 fully saturated rings. The summed E-state index contributed by atoms with van der Waals surface area (Å²) in [5, 5.41) is 0. The van der Waals surface area contributed by atoms with Crippen molar-refractivity contribution in [2.24, 2.45) is 0 Å². The quantitative estimate of drug-likeness (QED) is 0.459. The van der Waals surface area contributed by atoms with Crippen molar-refractivity contribution in [2.75, 3.05) is 0 Å². The molecule has 0 radical (unpaired) electrons. The van der Waals surface area contributed by atoms with Crippen LogP contribution in [0.3, 0.4) is 0 Å². The number of rotatable bonds is 2. The van der Waals surface area contributed by atoms with Crippen LogP contribution < -0.4 is 0 Å². The third-order valence-corrected chi connectivity index (χ3v) is 4.82. The van der Waals surface area contributed by atoms with Crippen LogP contribution in [-0.4, -0.2) is 0 Å². The van der Waals surface area contributed by atoms with Gasteiger partial charge in [-0.2, -0.15) is 0 Å². The van der Waals surface area contributed by atoms with Gasteiger partial charge in [0, 0.05) is 3.57 Å². The lowest BCUT2D eigenvalue weighted by Gasteiger charge is -2.11. The maximum Gasteiger partial charge on any atom is 0.0287 e. The maximum atomic E-state index is 2.47. The van der Waals surface area contributed by atoms with Crippen LogP contribution in [0.2, 0.25) is 0 Å². The molecule has 3 rings (SSSR count). The number of hydrogen-bond acceptors (Lipinski definition) is 0. The van der Waals surface area contributed by atoms with Crippen LogP contribution in [0.15, 0.2) is 66.7 Å². The van der Waals surface area contributed by atoms with Crippen molar-refractivity contribution in [3.8, 4) is 22.3 Å². The lowest BCUT2D eigenvalue weighted by molar-refractivity contribution is 1.45. The van der Waals surface area contributed by atoms with Gasteiger partial charge < -0.3 is 0 Å². The van der Waals surface area contributed by atoms with E-state index >= 15 is 0 Å². The van der Waals surface area contributed by atoms with Crippen molar-refractivity contribution < 1.29 is 0 Å². The van der Waals surface area contributed by atoms with E-state index in [2.05, 4.69) is 103 Å². The molecule has 0 aromatic heterocycles. The first-order valence-corrected chi connectivity index (χ1v) is 8.15. The highest BCUT2D eigenvalue weighted by atomic mass is 127. The maximum absolute atomic E-state index is 2.47. The third kappa shape index (κ3) is 3.03. The predicted molar refractivity (Wildman–Crippen MR) is 99.5 cm³/mol. The van der Waals surface area contributed by atoms with E-state index in [1.54, 1.807) is 0 Å². The fourth-order valence-corrected chi connectivity index (χ4v) is 3.59. The molecule has 0 aliphatic rings. The van der Waals surface area contributed by atoms with Gasteiger partial charge in [-0.05, 0) is 58.7 Å². The second-order valence-corrected chi connectivity index (χ2v) is 6.48. The molecule has 3 aromatic carbocycles. The Morgan fingerprint density at radius 3 is 1.48 bits per heavy atom. The van der Waals surface area contributed by atoms with E-state index < -0.39 is 0 Å². The summed E-state index contributed by atoms with van der Waals surface area (Å²) in [7, 11) is 0. The minimum Gasteiger partial charge on any atom is -0.0614 e. The van der Waals surface area contributed by atoms with Gasteiger partial charge in [0.2, 0.25) is 0 Å². The molecule has 0 unspecified atom stereocenters. The Morgan fingerprint density at radius 2 is 1.05 bits per heavy atom. The van der Waals surface area contributed by atoms with Crippen molar-refractivity contribution in [1.29, 1.82) is 0 Å². The van der Waals surface area contributed by atoms with Gasteiger partial charge in [0.1, 0.15) is 0 Å². The Labute approximate surface area is 140 Å². The van der Waals surface area contributed by atoms with E-state index in [9.17, 15) is 0 Å². The highest BCUT2D eigenvalue weighted by Crippen LogP contribution is 2.34. The Kier molecular flexibility index (Phi) is 4.11.